The van der Waals surface area contributed by atoms with E-state index in [1.165, 1.54) is 42.5 Å². The van der Waals surface area contributed by atoms with Crippen molar-refractivity contribution in [3.63, 3.8) is 0 Å². The molecule has 2 N–H and O–H groups in total. The van der Waals surface area contributed by atoms with Gasteiger partial charge in [0, 0.05) is 12.1 Å². The van der Waals surface area contributed by atoms with E-state index in [-0.39, 0.29) is 17.3 Å². The Kier molecular flexibility index (Phi) is 5.28. The number of rotatable bonds is 5. The molecule has 1 amide bonds. The lowest BCUT2D eigenvalue weighted by Gasteiger charge is -2.16. The van der Waals surface area contributed by atoms with E-state index in [1.807, 2.05) is 0 Å². The number of hydrogen-bond donors (Lipinski definition) is 2. The molecule has 1 saturated heterocycles. The number of anilines is 1. The number of thioether (sulfide) groups is 1. The molecule has 0 spiro atoms. The van der Waals surface area contributed by atoms with Crippen molar-refractivity contribution in [2.24, 2.45) is 0 Å². The summed E-state index contributed by atoms with van der Waals surface area (Å²) in [4.78, 5) is 23.2. The van der Waals surface area contributed by atoms with Crippen LogP contribution >= 0.6 is 24.0 Å². The lowest BCUT2D eigenvalue weighted by molar-refractivity contribution is -0.384. The molecule has 1 fully saturated rings. The molecule has 0 aliphatic carbocycles. The first-order valence-electron chi connectivity index (χ1n) is 7.55. The number of phenols is 1. The summed E-state index contributed by atoms with van der Waals surface area (Å²) in [6.07, 6.45) is 1.64. The lowest BCUT2D eigenvalue weighted by atomic mass is 10.2. The summed E-state index contributed by atoms with van der Waals surface area (Å²) in [5, 5.41) is 21.6. The van der Waals surface area contributed by atoms with Gasteiger partial charge in [-0.25, -0.2) is 5.01 Å². The SMILES string of the molecule is COc1cc(/C=C2/SC(=S)N(Nc3ccc([N+](=O)[O-])cc3)C2=O)ccc1O. The van der Waals surface area contributed by atoms with Crippen molar-refractivity contribution < 1.29 is 19.6 Å². The molecule has 1 aliphatic rings. The molecular formula is C17H13N3O5S2. The molecule has 2 aromatic carbocycles. The van der Waals surface area contributed by atoms with Gasteiger partial charge in [0.05, 0.1) is 22.6 Å². The number of thiocarbonyl (C=S) groups is 1. The Hall–Kier alpha value is -3.11. The number of amides is 1. The highest BCUT2D eigenvalue weighted by atomic mass is 32.2. The average molecular weight is 403 g/mol. The summed E-state index contributed by atoms with van der Waals surface area (Å²) in [7, 11) is 1.44. The van der Waals surface area contributed by atoms with Crippen LogP contribution in [0.3, 0.4) is 0 Å². The number of nitrogens with one attached hydrogen (secondary N) is 1. The molecule has 0 radical (unpaired) electrons. The standard InChI is InChI=1S/C17H13N3O5S2/c1-25-14-8-10(2-7-13(14)21)9-15-16(22)19(17(26)27-15)18-11-3-5-12(6-4-11)20(23)24/h2-9,18,21H,1H3/b15-9+. The Morgan fingerprint density at radius 1 is 1.30 bits per heavy atom. The van der Waals surface area contributed by atoms with Gasteiger partial charge in [-0.05, 0) is 48.1 Å². The number of hydrazine groups is 1. The number of hydrogen-bond acceptors (Lipinski definition) is 8. The van der Waals surface area contributed by atoms with E-state index in [0.717, 1.165) is 11.8 Å². The van der Waals surface area contributed by atoms with Crippen molar-refractivity contribution in [1.29, 1.82) is 0 Å². The van der Waals surface area contributed by atoms with Gasteiger partial charge in [-0.2, -0.15) is 0 Å². The number of carbonyl (C=O) groups is 1. The predicted octanol–water partition coefficient (Wildman–Crippen LogP) is 3.54. The molecule has 1 aliphatic heterocycles. The third-order valence-electron chi connectivity index (χ3n) is 3.61. The highest BCUT2D eigenvalue weighted by molar-refractivity contribution is 8.26. The number of non-ortho nitro benzene ring substituents is 1. The normalized spacial score (nSPS) is 15.3. The molecular weight excluding hydrogens is 390 g/mol. The third kappa shape index (κ3) is 4.01. The van der Waals surface area contributed by atoms with Crippen LogP contribution < -0.4 is 10.2 Å². The summed E-state index contributed by atoms with van der Waals surface area (Å²) in [5.41, 5.74) is 3.96. The molecule has 0 atom stereocenters. The maximum Gasteiger partial charge on any atom is 0.285 e. The van der Waals surface area contributed by atoms with Gasteiger partial charge in [-0.1, -0.05) is 17.8 Å². The minimum atomic E-state index is -0.502. The van der Waals surface area contributed by atoms with Gasteiger partial charge in [0.2, 0.25) is 0 Å². The number of nitro groups is 1. The fourth-order valence-corrected chi connectivity index (χ4v) is 3.47. The van der Waals surface area contributed by atoms with E-state index < -0.39 is 4.92 Å². The summed E-state index contributed by atoms with van der Waals surface area (Å²) >= 11 is 6.35. The highest BCUT2D eigenvalue weighted by Gasteiger charge is 2.32. The lowest BCUT2D eigenvalue weighted by Crippen LogP contribution is -2.33. The summed E-state index contributed by atoms with van der Waals surface area (Å²) < 4.78 is 5.36. The van der Waals surface area contributed by atoms with E-state index in [0.29, 0.717) is 26.2 Å². The minimum Gasteiger partial charge on any atom is -0.504 e. The van der Waals surface area contributed by atoms with Crippen LogP contribution in [0.2, 0.25) is 0 Å². The second-order valence-corrected chi connectivity index (χ2v) is 7.04. The Balaban J connectivity index is 1.79. The topological polar surface area (TPSA) is 105 Å². The van der Waals surface area contributed by atoms with Crippen LogP contribution in [0.25, 0.3) is 6.08 Å². The van der Waals surface area contributed by atoms with Gasteiger partial charge in [-0.15, -0.1) is 0 Å². The molecule has 0 unspecified atom stereocenters. The van der Waals surface area contributed by atoms with E-state index in [4.69, 9.17) is 17.0 Å². The van der Waals surface area contributed by atoms with Crippen LogP contribution in [0.15, 0.2) is 47.4 Å². The fourth-order valence-electron chi connectivity index (χ4n) is 2.29. The first-order valence-corrected chi connectivity index (χ1v) is 8.77. The molecule has 10 heteroatoms. The van der Waals surface area contributed by atoms with Gasteiger partial charge in [0.25, 0.3) is 11.6 Å². The summed E-state index contributed by atoms with van der Waals surface area (Å²) in [6, 6.07) is 10.4. The second kappa shape index (κ2) is 7.64. The Bertz CT molecular complexity index is 960. The van der Waals surface area contributed by atoms with E-state index in [2.05, 4.69) is 5.43 Å². The molecule has 8 nitrogen and oxygen atoms in total. The van der Waals surface area contributed by atoms with Crippen molar-refractivity contribution in [3.8, 4) is 11.5 Å². The number of nitrogens with zero attached hydrogens (tertiary/aromatic N) is 2. The number of carbonyl (C=O) groups excluding carboxylic acids is 1. The quantitative estimate of drug-likeness (QED) is 0.338. The van der Waals surface area contributed by atoms with Crippen molar-refractivity contribution in [1.82, 2.24) is 5.01 Å². The Morgan fingerprint density at radius 2 is 2.00 bits per heavy atom. The number of ether oxygens (including phenoxy) is 1. The zero-order valence-electron chi connectivity index (χ0n) is 13.9. The van der Waals surface area contributed by atoms with E-state index in [9.17, 15) is 20.0 Å². The first kappa shape index (κ1) is 18.7. The number of phenolic OH excluding ortho intramolecular Hbond substituents is 1. The molecule has 27 heavy (non-hydrogen) atoms. The van der Waals surface area contributed by atoms with Crippen molar-refractivity contribution in [2.75, 3.05) is 12.5 Å². The first-order chi connectivity index (χ1) is 12.9. The van der Waals surface area contributed by atoms with E-state index >= 15 is 0 Å². The summed E-state index contributed by atoms with van der Waals surface area (Å²) in [6.45, 7) is 0. The Labute approximate surface area is 163 Å². The largest absolute Gasteiger partial charge is 0.504 e. The maximum atomic E-state index is 12.6. The van der Waals surface area contributed by atoms with Gasteiger partial charge < -0.3 is 9.84 Å². The van der Waals surface area contributed by atoms with Gasteiger partial charge in [-0.3, -0.25) is 20.3 Å². The number of nitro benzene ring substituents is 1. The molecule has 2 aromatic rings. The van der Waals surface area contributed by atoms with Crippen LogP contribution in [0.5, 0.6) is 11.5 Å². The molecule has 138 valence electrons. The third-order valence-corrected chi connectivity index (χ3v) is 4.92. The predicted molar refractivity (Wildman–Crippen MR) is 106 cm³/mol. The molecule has 1 heterocycles. The van der Waals surface area contributed by atoms with Crippen LogP contribution in [-0.4, -0.2) is 32.4 Å². The molecule has 0 saturated carbocycles. The Morgan fingerprint density at radius 3 is 2.63 bits per heavy atom. The van der Waals surface area contributed by atoms with Crippen molar-refractivity contribution in [2.45, 2.75) is 0 Å². The number of methoxy groups -OCH3 is 1. The van der Waals surface area contributed by atoms with Crippen molar-refractivity contribution in [3.05, 3.63) is 63.0 Å². The highest BCUT2D eigenvalue weighted by Crippen LogP contribution is 2.34. The minimum absolute atomic E-state index is 0.00189. The molecule has 0 bridgehead atoms. The van der Waals surface area contributed by atoms with Crippen molar-refractivity contribution >= 4 is 51.7 Å². The zero-order chi connectivity index (χ0) is 19.6. The average Bonchev–Trinajstić information content (AvgIpc) is 2.91. The van der Waals surface area contributed by atoms with E-state index in [1.54, 1.807) is 18.2 Å². The van der Waals surface area contributed by atoms with Crippen LogP contribution in [0.4, 0.5) is 11.4 Å². The zero-order valence-corrected chi connectivity index (χ0v) is 15.5. The number of benzene rings is 2. The van der Waals surface area contributed by atoms with Crippen LogP contribution in [0, 0.1) is 10.1 Å². The van der Waals surface area contributed by atoms with Gasteiger partial charge in [0.1, 0.15) is 0 Å². The molecule has 3 rings (SSSR count). The van der Waals surface area contributed by atoms with Crippen LogP contribution in [-0.2, 0) is 4.79 Å². The summed E-state index contributed by atoms with van der Waals surface area (Å²) in [5.74, 6) is -0.0549. The maximum absolute atomic E-state index is 12.6. The monoisotopic (exact) mass is 403 g/mol. The fraction of sp³-hybridized carbons (Fsp3) is 0.0588. The smallest absolute Gasteiger partial charge is 0.285 e. The van der Waals surface area contributed by atoms with Gasteiger partial charge >= 0.3 is 0 Å². The molecule has 0 aromatic heterocycles. The second-order valence-electron chi connectivity index (χ2n) is 5.36. The van der Waals surface area contributed by atoms with Crippen LogP contribution in [0.1, 0.15) is 5.56 Å². The number of aromatic hydroxyl groups is 1. The van der Waals surface area contributed by atoms with Gasteiger partial charge in [0.15, 0.2) is 15.8 Å².